The molecule has 14 heavy (non-hydrogen) atoms. The van der Waals surface area contributed by atoms with Gasteiger partial charge in [0, 0.05) is 12.0 Å². The number of ketones is 1. The zero-order valence-electron chi connectivity index (χ0n) is 7.90. The molecule has 0 saturated carbocycles. The zero-order valence-corrected chi connectivity index (χ0v) is 8.79. The summed E-state index contributed by atoms with van der Waals surface area (Å²) in [4.78, 5) is 11.2. The highest BCUT2D eigenvalue weighted by atomic mass is 32.2. The summed E-state index contributed by atoms with van der Waals surface area (Å²) in [5.41, 5.74) is 1.35. The number of hydrogen-bond acceptors (Lipinski definition) is 3. The Kier molecular flexibility index (Phi) is 3.83. The van der Waals surface area contributed by atoms with Crippen LogP contribution in [-0.4, -0.2) is 14.2 Å². The Bertz CT molecular complexity index is 382. The molecule has 0 amide bonds. The maximum atomic E-state index is 11.2. The van der Waals surface area contributed by atoms with Crippen molar-refractivity contribution in [3.05, 3.63) is 35.4 Å². The van der Waals surface area contributed by atoms with E-state index in [9.17, 15) is 13.2 Å². The minimum atomic E-state index is -2.39. The van der Waals surface area contributed by atoms with Gasteiger partial charge in [-0.1, -0.05) is 31.2 Å². The van der Waals surface area contributed by atoms with Crippen LogP contribution in [0.1, 0.15) is 29.3 Å². The Morgan fingerprint density at radius 3 is 2.21 bits per heavy atom. The molecule has 4 heteroatoms. The summed E-state index contributed by atoms with van der Waals surface area (Å²) in [5, 5.41) is 0. The SMILES string of the molecule is CCC(=O)c1ccc(C[SH](=O)=O)cc1. The number of rotatable bonds is 4. The highest BCUT2D eigenvalue weighted by Crippen LogP contribution is 2.07. The van der Waals surface area contributed by atoms with Gasteiger partial charge in [0.05, 0.1) is 5.75 Å². The average molecular weight is 212 g/mol. The lowest BCUT2D eigenvalue weighted by Gasteiger charge is -1.98. The van der Waals surface area contributed by atoms with Crippen molar-refractivity contribution in [3.63, 3.8) is 0 Å². The number of carbonyl (C=O) groups excluding carboxylic acids is 1. The molecular weight excluding hydrogens is 200 g/mol. The molecule has 0 fully saturated rings. The van der Waals surface area contributed by atoms with Crippen molar-refractivity contribution < 1.29 is 13.2 Å². The monoisotopic (exact) mass is 212 g/mol. The summed E-state index contributed by atoms with van der Waals surface area (Å²) in [6, 6.07) is 6.68. The molecule has 1 aromatic rings. The smallest absolute Gasteiger partial charge is 0.162 e. The second kappa shape index (κ2) is 4.91. The van der Waals surface area contributed by atoms with Crippen LogP contribution >= 0.6 is 0 Å². The number of benzene rings is 1. The Morgan fingerprint density at radius 1 is 1.21 bits per heavy atom. The van der Waals surface area contributed by atoms with Crippen LogP contribution in [0.25, 0.3) is 0 Å². The first-order valence-electron chi connectivity index (χ1n) is 4.37. The first-order valence-corrected chi connectivity index (χ1v) is 5.73. The van der Waals surface area contributed by atoms with E-state index in [1.807, 2.05) is 0 Å². The van der Waals surface area contributed by atoms with Crippen LogP contribution in [0.15, 0.2) is 24.3 Å². The van der Waals surface area contributed by atoms with Crippen LogP contribution in [-0.2, 0) is 16.5 Å². The van der Waals surface area contributed by atoms with Gasteiger partial charge in [-0.25, -0.2) is 8.42 Å². The third-order valence-corrected chi connectivity index (χ3v) is 2.53. The van der Waals surface area contributed by atoms with Gasteiger partial charge in [-0.2, -0.15) is 0 Å². The molecule has 0 bridgehead atoms. The van der Waals surface area contributed by atoms with E-state index in [1.165, 1.54) is 0 Å². The minimum Gasteiger partial charge on any atom is -0.294 e. The second-order valence-electron chi connectivity index (χ2n) is 2.96. The lowest BCUT2D eigenvalue weighted by molar-refractivity contribution is 0.0988. The number of Topliss-reactive ketones (excluding diaryl/α,β-unsaturated/α-hetero) is 1. The Morgan fingerprint density at radius 2 is 1.79 bits per heavy atom. The van der Waals surface area contributed by atoms with Gasteiger partial charge >= 0.3 is 0 Å². The molecule has 0 spiro atoms. The molecule has 0 radical (unpaired) electrons. The van der Waals surface area contributed by atoms with Crippen molar-refractivity contribution in [2.75, 3.05) is 0 Å². The maximum Gasteiger partial charge on any atom is 0.162 e. The summed E-state index contributed by atoms with van der Waals surface area (Å²) < 4.78 is 20.8. The van der Waals surface area contributed by atoms with Crippen molar-refractivity contribution in [1.29, 1.82) is 0 Å². The Hall–Kier alpha value is -1.16. The molecule has 76 valence electrons. The molecule has 0 aliphatic carbocycles. The van der Waals surface area contributed by atoms with E-state index in [1.54, 1.807) is 31.2 Å². The minimum absolute atomic E-state index is 0.0376. The first-order chi connectivity index (χ1) is 6.63. The third kappa shape index (κ3) is 2.96. The first kappa shape index (κ1) is 10.9. The van der Waals surface area contributed by atoms with Gasteiger partial charge in [0.2, 0.25) is 0 Å². The van der Waals surface area contributed by atoms with Crippen LogP contribution in [0.4, 0.5) is 0 Å². The van der Waals surface area contributed by atoms with E-state index in [0.29, 0.717) is 17.5 Å². The third-order valence-electron chi connectivity index (χ3n) is 1.91. The van der Waals surface area contributed by atoms with Crippen molar-refractivity contribution in [1.82, 2.24) is 0 Å². The molecule has 0 aromatic heterocycles. The van der Waals surface area contributed by atoms with Gasteiger partial charge in [0.15, 0.2) is 5.78 Å². The molecule has 0 aliphatic rings. The van der Waals surface area contributed by atoms with E-state index >= 15 is 0 Å². The predicted octanol–water partition coefficient (Wildman–Crippen LogP) is 1.39. The topological polar surface area (TPSA) is 51.2 Å². The molecule has 0 heterocycles. The molecule has 3 nitrogen and oxygen atoms in total. The fraction of sp³-hybridized carbons (Fsp3) is 0.300. The van der Waals surface area contributed by atoms with E-state index in [4.69, 9.17) is 0 Å². The zero-order chi connectivity index (χ0) is 10.6. The number of carbonyl (C=O) groups is 1. The van der Waals surface area contributed by atoms with Crippen molar-refractivity contribution in [2.45, 2.75) is 19.1 Å². The molecule has 0 N–H and O–H groups in total. The second-order valence-corrected chi connectivity index (χ2v) is 3.95. The van der Waals surface area contributed by atoms with Crippen molar-refractivity contribution in [3.8, 4) is 0 Å². The van der Waals surface area contributed by atoms with Gasteiger partial charge in [-0.05, 0) is 5.56 Å². The van der Waals surface area contributed by atoms with Crippen molar-refractivity contribution >= 4 is 16.5 Å². The van der Waals surface area contributed by atoms with Crippen molar-refractivity contribution in [2.24, 2.45) is 0 Å². The van der Waals surface area contributed by atoms with E-state index in [0.717, 1.165) is 0 Å². The highest BCUT2D eigenvalue weighted by Gasteiger charge is 2.02. The van der Waals surface area contributed by atoms with Crippen LogP contribution in [0.5, 0.6) is 0 Å². The fourth-order valence-electron chi connectivity index (χ4n) is 1.15. The largest absolute Gasteiger partial charge is 0.294 e. The molecule has 0 saturated heterocycles. The van der Waals surface area contributed by atoms with Gasteiger partial charge in [-0.3, -0.25) is 4.79 Å². The quantitative estimate of drug-likeness (QED) is 0.606. The van der Waals surface area contributed by atoms with Crippen LogP contribution < -0.4 is 0 Å². The molecular formula is C10H12O3S. The van der Waals surface area contributed by atoms with E-state index in [-0.39, 0.29) is 11.5 Å². The van der Waals surface area contributed by atoms with Gasteiger partial charge in [0.25, 0.3) is 0 Å². The van der Waals surface area contributed by atoms with E-state index < -0.39 is 10.7 Å². The van der Waals surface area contributed by atoms with E-state index in [2.05, 4.69) is 0 Å². The maximum absolute atomic E-state index is 11.2. The summed E-state index contributed by atoms with van der Waals surface area (Å²) in [6.07, 6.45) is 0.467. The molecule has 1 aromatic carbocycles. The lowest BCUT2D eigenvalue weighted by Crippen LogP contribution is -1.96. The highest BCUT2D eigenvalue weighted by molar-refractivity contribution is 7.71. The van der Waals surface area contributed by atoms with Crippen LogP contribution in [0, 0.1) is 0 Å². The normalized spacial score (nSPS) is 10.4. The predicted molar refractivity (Wildman–Crippen MR) is 55.1 cm³/mol. The van der Waals surface area contributed by atoms with Gasteiger partial charge < -0.3 is 0 Å². The Balaban J connectivity index is 2.83. The standard InChI is InChI=1S/C10H12O3S/c1-2-10(11)9-5-3-8(4-6-9)7-14(12)13/h3-6,14H,2,7H2,1H3. The average Bonchev–Trinajstić information content (AvgIpc) is 2.17. The molecule has 0 atom stereocenters. The number of hydrogen-bond donors (Lipinski definition) is 1. The fourth-order valence-corrected chi connectivity index (χ4v) is 1.66. The van der Waals surface area contributed by atoms with Crippen LogP contribution in [0.2, 0.25) is 0 Å². The number of thiol groups is 1. The summed E-state index contributed by atoms with van der Waals surface area (Å²) >= 11 is 0. The summed E-state index contributed by atoms with van der Waals surface area (Å²) in [6.45, 7) is 1.80. The Labute approximate surface area is 84.7 Å². The van der Waals surface area contributed by atoms with Crippen LogP contribution in [0.3, 0.4) is 0 Å². The van der Waals surface area contributed by atoms with Gasteiger partial charge in [0.1, 0.15) is 10.7 Å². The lowest BCUT2D eigenvalue weighted by atomic mass is 10.1. The summed E-state index contributed by atoms with van der Waals surface area (Å²) in [7, 11) is -2.39. The van der Waals surface area contributed by atoms with Gasteiger partial charge in [-0.15, -0.1) is 0 Å². The molecule has 0 unspecified atom stereocenters. The summed E-state index contributed by atoms with van der Waals surface area (Å²) in [5.74, 6) is 0.110. The molecule has 1 rings (SSSR count). The molecule has 0 aliphatic heterocycles.